The van der Waals surface area contributed by atoms with Crippen LogP contribution in [0.5, 0.6) is 0 Å². The number of aryl methyl sites for hydroxylation is 3. The molecule has 4 atom stereocenters. The monoisotopic (exact) mass is 626 g/mol. The van der Waals surface area contributed by atoms with E-state index in [1.165, 1.54) is 6.92 Å². The predicted molar refractivity (Wildman–Crippen MR) is 166 cm³/mol. The van der Waals surface area contributed by atoms with E-state index in [1.807, 2.05) is 20.8 Å². The molecule has 5 N–H and O–H groups in total. The van der Waals surface area contributed by atoms with Crippen LogP contribution in [-0.2, 0) is 18.9 Å². The van der Waals surface area contributed by atoms with Gasteiger partial charge in [0.25, 0.3) is 5.91 Å². The number of rotatable bonds is 9. The van der Waals surface area contributed by atoms with E-state index < -0.39 is 54.3 Å². The van der Waals surface area contributed by atoms with Crippen molar-refractivity contribution in [2.75, 3.05) is 12.3 Å². The number of hydrogen-bond donors (Lipinski definition) is 3. The van der Waals surface area contributed by atoms with Gasteiger partial charge in [0, 0.05) is 0 Å². The largest absolute Gasteiger partial charge is 0.459 e. The zero-order chi connectivity index (χ0) is 33.2. The number of nitrogens with two attached hydrogens (primary N) is 2. The second-order valence-electron chi connectivity index (χ2n) is 11.4. The molecule has 1 saturated heterocycles. The molecule has 1 fully saturated rings. The van der Waals surface area contributed by atoms with Crippen molar-refractivity contribution in [3.05, 3.63) is 118 Å². The zero-order valence-electron chi connectivity index (χ0n) is 25.7. The van der Waals surface area contributed by atoms with Crippen molar-refractivity contribution in [1.29, 1.82) is 0 Å². The zero-order valence-corrected chi connectivity index (χ0v) is 25.7. The highest BCUT2D eigenvalue weighted by atomic mass is 16.7. The summed E-state index contributed by atoms with van der Waals surface area (Å²) < 4.78 is 24.1. The Balaban J connectivity index is 1.55. The minimum atomic E-state index is -1.79. The van der Waals surface area contributed by atoms with Gasteiger partial charge in [-0.25, -0.2) is 14.4 Å². The molecule has 0 unspecified atom stereocenters. The third-order valence-corrected chi connectivity index (χ3v) is 7.85. The van der Waals surface area contributed by atoms with Crippen molar-refractivity contribution < 1.29 is 38.1 Å². The van der Waals surface area contributed by atoms with Gasteiger partial charge in [-0.3, -0.25) is 9.89 Å². The van der Waals surface area contributed by atoms with E-state index >= 15 is 0 Å². The lowest BCUT2D eigenvalue weighted by Crippen LogP contribution is -2.49. The number of ether oxygens (including phenoxy) is 4. The fourth-order valence-electron chi connectivity index (χ4n) is 5.19. The quantitative estimate of drug-likeness (QED) is 0.180. The fourth-order valence-corrected chi connectivity index (χ4v) is 5.19. The van der Waals surface area contributed by atoms with E-state index in [9.17, 15) is 19.2 Å². The smallest absolute Gasteiger partial charge is 0.338 e. The van der Waals surface area contributed by atoms with Crippen molar-refractivity contribution in [3.8, 4) is 0 Å². The SMILES string of the molecule is Cc1ccc(C(=O)OC[C@H]2O[C@@H](c3[nH]nc(C(N)=O)c3N)[C@](C)(OC(=O)c3ccc(C)cc3)[C@@H]2OC(=O)c2ccc(C)cc2)cc1. The lowest BCUT2D eigenvalue weighted by atomic mass is 9.89. The fraction of sp³-hybridized carbons (Fsp3) is 0.265. The minimum Gasteiger partial charge on any atom is -0.459 e. The average Bonchev–Trinajstić information content (AvgIpc) is 3.53. The number of esters is 3. The number of carbonyl (C=O) groups excluding carboxylic acids is 4. The van der Waals surface area contributed by atoms with E-state index in [1.54, 1.807) is 72.8 Å². The number of nitrogens with zero attached hydrogens (tertiary/aromatic N) is 1. The van der Waals surface area contributed by atoms with Crippen LogP contribution >= 0.6 is 0 Å². The van der Waals surface area contributed by atoms with Gasteiger partial charge in [0.15, 0.2) is 17.4 Å². The molecule has 4 aromatic rings. The van der Waals surface area contributed by atoms with Crippen LogP contribution < -0.4 is 11.5 Å². The first-order valence-electron chi connectivity index (χ1n) is 14.5. The van der Waals surface area contributed by atoms with Crippen LogP contribution in [0.25, 0.3) is 0 Å². The van der Waals surface area contributed by atoms with Crippen molar-refractivity contribution in [1.82, 2.24) is 10.2 Å². The minimum absolute atomic E-state index is 0.0525. The molecule has 3 aromatic carbocycles. The number of H-pyrrole nitrogens is 1. The molecule has 1 amide bonds. The van der Waals surface area contributed by atoms with E-state index in [2.05, 4.69) is 10.2 Å². The summed E-state index contributed by atoms with van der Waals surface area (Å²) in [5.41, 5.74) is 13.1. The number of primary amides is 1. The lowest BCUT2D eigenvalue weighted by molar-refractivity contribution is -0.0895. The highest BCUT2D eigenvalue weighted by Crippen LogP contribution is 2.47. The number of aromatic amines is 1. The molecule has 1 aromatic heterocycles. The molecule has 0 bridgehead atoms. The molecular weight excluding hydrogens is 592 g/mol. The molecule has 0 radical (unpaired) electrons. The Bertz CT molecular complexity index is 1770. The van der Waals surface area contributed by atoms with Crippen molar-refractivity contribution >= 4 is 29.5 Å². The number of carbonyl (C=O) groups is 4. The average molecular weight is 627 g/mol. The van der Waals surface area contributed by atoms with E-state index in [0.717, 1.165) is 16.7 Å². The standard InChI is InChI=1S/C34H34N4O8/c1-18-5-11-21(12-6-18)31(40)43-17-24-28(45-32(41)22-13-7-19(2)8-14-22)34(4,46-33(42)23-15-9-20(3)10-16-23)29(44-24)26-25(35)27(30(36)39)38-37-26/h5-16,24,28-29H,17,35H2,1-4H3,(H2,36,39)(H,37,38)/t24-,28-,29+,34-/m1/s1. The molecule has 46 heavy (non-hydrogen) atoms. The van der Waals surface area contributed by atoms with Gasteiger partial charge in [0.05, 0.1) is 28.1 Å². The summed E-state index contributed by atoms with van der Waals surface area (Å²) >= 11 is 0. The summed E-state index contributed by atoms with van der Waals surface area (Å²) in [4.78, 5) is 52.1. The summed E-state index contributed by atoms with van der Waals surface area (Å²) in [6.45, 7) is 6.74. The number of nitrogens with one attached hydrogen (secondary N) is 1. The van der Waals surface area contributed by atoms with Crippen LogP contribution in [0.3, 0.4) is 0 Å². The second kappa shape index (κ2) is 12.9. The Kier molecular flexibility index (Phi) is 8.92. The summed E-state index contributed by atoms with van der Waals surface area (Å²) in [6.07, 6.45) is -3.78. The van der Waals surface area contributed by atoms with Gasteiger partial charge in [-0.15, -0.1) is 0 Å². The normalized spacial score (nSPS) is 20.6. The van der Waals surface area contributed by atoms with Crippen LogP contribution in [0.1, 0.15) is 77.0 Å². The van der Waals surface area contributed by atoms with Crippen molar-refractivity contribution in [3.63, 3.8) is 0 Å². The Hall–Kier alpha value is -5.49. The molecule has 0 spiro atoms. The Morgan fingerprint density at radius 1 is 0.804 bits per heavy atom. The Morgan fingerprint density at radius 2 is 1.28 bits per heavy atom. The first kappa shape index (κ1) is 31.9. The second-order valence-corrected chi connectivity index (χ2v) is 11.4. The van der Waals surface area contributed by atoms with E-state index in [4.69, 9.17) is 30.4 Å². The van der Waals surface area contributed by atoms with Gasteiger partial charge in [0.2, 0.25) is 0 Å². The number of aromatic nitrogens is 2. The maximum Gasteiger partial charge on any atom is 0.338 e. The molecule has 238 valence electrons. The highest BCUT2D eigenvalue weighted by molar-refractivity contribution is 5.96. The predicted octanol–water partition coefficient (Wildman–Crippen LogP) is 4.15. The van der Waals surface area contributed by atoms with Crippen molar-refractivity contribution in [2.24, 2.45) is 5.73 Å². The first-order valence-corrected chi connectivity index (χ1v) is 14.5. The van der Waals surface area contributed by atoms with Gasteiger partial charge in [-0.05, 0) is 64.1 Å². The number of benzene rings is 3. The summed E-state index contributed by atoms with van der Waals surface area (Å²) in [7, 11) is 0. The van der Waals surface area contributed by atoms with Gasteiger partial charge in [0.1, 0.15) is 18.8 Å². The van der Waals surface area contributed by atoms with Crippen LogP contribution in [0.15, 0.2) is 72.8 Å². The number of nitrogen functional groups attached to an aromatic ring is 1. The van der Waals surface area contributed by atoms with Crippen LogP contribution in [0, 0.1) is 20.8 Å². The van der Waals surface area contributed by atoms with Gasteiger partial charge in [-0.1, -0.05) is 53.1 Å². The third kappa shape index (κ3) is 6.47. The maximum absolute atomic E-state index is 13.6. The molecule has 5 rings (SSSR count). The van der Waals surface area contributed by atoms with Gasteiger partial charge < -0.3 is 30.4 Å². The van der Waals surface area contributed by atoms with Gasteiger partial charge in [-0.2, -0.15) is 5.10 Å². The Morgan fingerprint density at radius 3 is 1.76 bits per heavy atom. The number of anilines is 1. The van der Waals surface area contributed by atoms with Crippen LogP contribution in [-0.4, -0.2) is 58.4 Å². The molecule has 1 aliphatic heterocycles. The highest BCUT2D eigenvalue weighted by Gasteiger charge is 2.61. The van der Waals surface area contributed by atoms with E-state index in [-0.39, 0.29) is 28.2 Å². The molecule has 1 aliphatic rings. The van der Waals surface area contributed by atoms with Crippen LogP contribution in [0.4, 0.5) is 5.69 Å². The third-order valence-electron chi connectivity index (χ3n) is 7.85. The maximum atomic E-state index is 13.6. The molecule has 0 saturated carbocycles. The topological polar surface area (TPSA) is 186 Å². The van der Waals surface area contributed by atoms with Crippen LogP contribution in [0.2, 0.25) is 0 Å². The van der Waals surface area contributed by atoms with E-state index in [0.29, 0.717) is 5.56 Å². The molecule has 12 nitrogen and oxygen atoms in total. The molecule has 12 heteroatoms. The summed E-state index contributed by atoms with van der Waals surface area (Å²) in [6, 6.07) is 20.1. The van der Waals surface area contributed by atoms with Gasteiger partial charge >= 0.3 is 17.9 Å². The Labute approximate surface area is 265 Å². The summed E-state index contributed by atoms with van der Waals surface area (Å²) in [5.74, 6) is -3.04. The molecule has 2 heterocycles. The number of amides is 1. The molecular formula is C34H34N4O8. The first-order chi connectivity index (χ1) is 21.9. The molecule has 0 aliphatic carbocycles. The summed E-state index contributed by atoms with van der Waals surface area (Å²) in [5, 5.41) is 6.58. The van der Waals surface area contributed by atoms with Crippen molar-refractivity contribution in [2.45, 2.75) is 51.6 Å². The lowest BCUT2D eigenvalue weighted by Gasteiger charge is -2.34. The number of hydrogen-bond acceptors (Lipinski definition) is 10.